The fourth-order valence-electron chi connectivity index (χ4n) is 3.95. The third-order valence-corrected chi connectivity index (χ3v) is 5.73. The number of methoxy groups -OCH3 is 1. The molecule has 0 aromatic heterocycles. The Kier molecular flexibility index (Phi) is 7.12. The van der Waals surface area contributed by atoms with Gasteiger partial charge in [-0.25, -0.2) is 4.79 Å². The number of piperidine rings is 1. The van der Waals surface area contributed by atoms with E-state index in [1.165, 1.54) is 5.56 Å². The largest absolute Gasteiger partial charge is 0.496 e. The quantitative estimate of drug-likeness (QED) is 0.692. The molecule has 1 aliphatic heterocycles. The average molecular weight is 408 g/mol. The van der Waals surface area contributed by atoms with E-state index in [2.05, 4.69) is 29.3 Å². The van der Waals surface area contributed by atoms with Crippen LogP contribution in [0.4, 0.5) is 4.79 Å². The third kappa shape index (κ3) is 4.82. The van der Waals surface area contributed by atoms with Crippen molar-refractivity contribution in [1.82, 2.24) is 15.5 Å². The van der Waals surface area contributed by atoms with E-state index in [1.807, 2.05) is 35.2 Å². The Bertz CT molecular complexity index is 874. The third-order valence-electron chi connectivity index (χ3n) is 5.73. The van der Waals surface area contributed by atoms with E-state index >= 15 is 0 Å². The van der Waals surface area contributed by atoms with Crippen LogP contribution in [0.1, 0.15) is 28.8 Å². The highest BCUT2D eigenvalue weighted by Crippen LogP contribution is 2.35. The lowest BCUT2D eigenvalue weighted by Crippen LogP contribution is -2.52. The summed E-state index contributed by atoms with van der Waals surface area (Å²) in [6.45, 7) is 5.84. The minimum atomic E-state index is -0.228. The number of hydrogen-bond acceptors (Lipinski definition) is 3. The molecule has 1 heterocycles. The molecule has 0 spiro atoms. The number of benzene rings is 2. The monoisotopic (exact) mass is 407 g/mol. The summed E-state index contributed by atoms with van der Waals surface area (Å²) in [5.41, 5.74) is 1.47. The molecule has 30 heavy (non-hydrogen) atoms. The molecule has 0 unspecified atom stereocenters. The van der Waals surface area contributed by atoms with Crippen LogP contribution >= 0.6 is 0 Å². The van der Waals surface area contributed by atoms with Crippen molar-refractivity contribution in [3.63, 3.8) is 0 Å². The summed E-state index contributed by atoms with van der Waals surface area (Å²) >= 11 is 0. The van der Waals surface area contributed by atoms with Crippen LogP contribution in [0.5, 0.6) is 5.75 Å². The van der Waals surface area contributed by atoms with Gasteiger partial charge in [-0.2, -0.15) is 0 Å². The molecule has 2 N–H and O–H groups in total. The number of ether oxygens (including phenoxy) is 1. The first-order valence-electron chi connectivity index (χ1n) is 10.2. The smallest absolute Gasteiger partial charge is 0.317 e. The molecule has 0 aliphatic carbocycles. The number of hydrogen-bond donors (Lipinski definition) is 2. The van der Waals surface area contributed by atoms with Crippen molar-refractivity contribution in [2.75, 3.05) is 33.3 Å². The zero-order valence-corrected chi connectivity index (χ0v) is 17.4. The Balaban J connectivity index is 1.74. The van der Waals surface area contributed by atoms with Crippen LogP contribution in [0.25, 0.3) is 0 Å². The van der Waals surface area contributed by atoms with Crippen molar-refractivity contribution in [3.8, 4) is 5.75 Å². The first-order chi connectivity index (χ1) is 14.6. The minimum absolute atomic E-state index is 0.0744. The van der Waals surface area contributed by atoms with Crippen LogP contribution in [0.2, 0.25) is 0 Å². The van der Waals surface area contributed by atoms with E-state index in [0.29, 0.717) is 37.5 Å². The molecule has 1 fully saturated rings. The second-order valence-electron chi connectivity index (χ2n) is 7.49. The highest BCUT2D eigenvalue weighted by Gasteiger charge is 2.37. The first kappa shape index (κ1) is 21.4. The molecule has 3 rings (SSSR count). The van der Waals surface area contributed by atoms with Gasteiger partial charge in [0.1, 0.15) is 5.75 Å². The van der Waals surface area contributed by atoms with E-state index < -0.39 is 0 Å². The normalized spacial score (nSPS) is 15.2. The van der Waals surface area contributed by atoms with Crippen molar-refractivity contribution < 1.29 is 14.3 Å². The standard InChI is InChI=1S/C24H29N3O3/c1-3-15-25-23(29)27-16-13-24(14-17-27,19-9-5-4-6-10-19)18-26-22(28)20-11-7-8-12-21(20)30-2/h3-12H,1,13-18H2,2H3,(H,25,29)(H,26,28). The highest BCUT2D eigenvalue weighted by atomic mass is 16.5. The predicted molar refractivity (Wildman–Crippen MR) is 118 cm³/mol. The van der Waals surface area contributed by atoms with E-state index in [1.54, 1.807) is 25.3 Å². The predicted octanol–water partition coefficient (Wildman–Crippen LogP) is 3.35. The van der Waals surface area contributed by atoms with Crippen LogP contribution < -0.4 is 15.4 Å². The summed E-state index contributed by atoms with van der Waals surface area (Å²) in [6, 6.07) is 17.4. The summed E-state index contributed by atoms with van der Waals surface area (Å²) < 4.78 is 5.32. The number of nitrogens with zero attached hydrogens (tertiary/aromatic N) is 1. The zero-order chi connectivity index (χ0) is 21.4. The zero-order valence-electron chi connectivity index (χ0n) is 17.4. The molecule has 0 saturated carbocycles. The number of carbonyl (C=O) groups is 2. The second-order valence-corrected chi connectivity index (χ2v) is 7.49. The summed E-state index contributed by atoms with van der Waals surface area (Å²) in [5.74, 6) is 0.395. The fourth-order valence-corrected chi connectivity index (χ4v) is 3.95. The van der Waals surface area contributed by atoms with Gasteiger partial charge in [0.2, 0.25) is 0 Å². The maximum absolute atomic E-state index is 12.9. The SMILES string of the molecule is C=CCNC(=O)N1CCC(CNC(=O)c2ccccc2OC)(c2ccccc2)CC1. The number of carbonyl (C=O) groups excluding carboxylic acids is 2. The molecule has 3 amide bonds. The van der Waals surface area contributed by atoms with E-state index in [9.17, 15) is 9.59 Å². The van der Waals surface area contributed by atoms with Crippen molar-refractivity contribution in [1.29, 1.82) is 0 Å². The van der Waals surface area contributed by atoms with Gasteiger partial charge in [-0.3, -0.25) is 4.79 Å². The molecular formula is C24H29N3O3. The lowest BCUT2D eigenvalue weighted by Gasteiger charge is -2.42. The molecular weight excluding hydrogens is 378 g/mol. The molecule has 1 saturated heterocycles. The molecule has 6 nitrogen and oxygen atoms in total. The van der Waals surface area contributed by atoms with Crippen molar-refractivity contribution in [2.45, 2.75) is 18.3 Å². The van der Waals surface area contributed by atoms with Crippen LogP contribution in [0, 0.1) is 0 Å². The summed E-state index contributed by atoms with van der Waals surface area (Å²) in [6.07, 6.45) is 3.21. The van der Waals surface area contributed by atoms with E-state index in [-0.39, 0.29) is 17.4 Å². The maximum Gasteiger partial charge on any atom is 0.317 e. The molecule has 0 radical (unpaired) electrons. The molecule has 2 aromatic rings. The summed E-state index contributed by atoms with van der Waals surface area (Å²) in [5, 5.41) is 5.95. The van der Waals surface area contributed by atoms with Crippen molar-refractivity contribution in [2.24, 2.45) is 0 Å². The number of amides is 3. The highest BCUT2D eigenvalue weighted by molar-refractivity contribution is 5.97. The van der Waals surface area contributed by atoms with Crippen molar-refractivity contribution in [3.05, 3.63) is 78.4 Å². The van der Waals surface area contributed by atoms with Gasteiger partial charge in [0, 0.05) is 31.6 Å². The Labute approximate surface area is 177 Å². The number of rotatable bonds is 7. The Hall–Kier alpha value is -3.28. The summed E-state index contributed by atoms with van der Waals surface area (Å²) in [4.78, 5) is 27.0. The average Bonchev–Trinajstić information content (AvgIpc) is 2.81. The lowest BCUT2D eigenvalue weighted by atomic mass is 9.72. The Morgan fingerprint density at radius 3 is 2.40 bits per heavy atom. The Morgan fingerprint density at radius 2 is 1.73 bits per heavy atom. The van der Waals surface area contributed by atoms with Crippen molar-refractivity contribution >= 4 is 11.9 Å². The van der Waals surface area contributed by atoms with Crippen LogP contribution in [0.15, 0.2) is 67.3 Å². The lowest BCUT2D eigenvalue weighted by molar-refractivity contribution is 0.0923. The number of para-hydroxylation sites is 1. The van der Waals surface area contributed by atoms with Crippen LogP contribution in [0.3, 0.4) is 0 Å². The number of urea groups is 1. The molecule has 0 atom stereocenters. The van der Waals surface area contributed by atoms with Gasteiger partial charge < -0.3 is 20.3 Å². The molecule has 2 aromatic carbocycles. The van der Waals surface area contributed by atoms with Gasteiger partial charge >= 0.3 is 6.03 Å². The number of likely N-dealkylation sites (tertiary alicyclic amines) is 1. The van der Waals surface area contributed by atoms with Gasteiger partial charge in [0.15, 0.2) is 0 Å². The van der Waals surface area contributed by atoms with Gasteiger partial charge in [-0.1, -0.05) is 48.5 Å². The molecule has 158 valence electrons. The second kappa shape index (κ2) is 9.96. The molecule has 6 heteroatoms. The number of nitrogens with one attached hydrogen (secondary N) is 2. The van der Waals surface area contributed by atoms with Gasteiger partial charge in [0.05, 0.1) is 12.7 Å². The Morgan fingerprint density at radius 1 is 1.07 bits per heavy atom. The first-order valence-corrected chi connectivity index (χ1v) is 10.2. The maximum atomic E-state index is 12.9. The fraction of sp³-hybridized carbons (Fsp3) is 0.333. The minimum Gasteiger partial charge on any atom is -0.496 e. The molecule has 1 aliphatic rings. The molecule has 0 bridgehead atoms. The van der Waals surface area contributed by atoms with E-state index in [4.69, 9.17) is 4.74 Å². The topological polar surface area (TPSA) is 70.7 Å². The van der Waals surface area contributed by atoms with Gasteiger partial charge in [-0.05, 0) is 30.5 Å². The van der Waals surface area contributed by atoms with Crippen LogP contribution in [-0.4, -0.2) is 50.1 Å². The van der Waals surface area contributed by atoms with Crippen LogP contribution in [-0.2, 0) is 5.41 Å². The summed E-state index contributed by atoms with van der Waals surface area (Å²) in [7, 11) is 1.56. The van der Waals surface area contributed by atoms with Gasteiger partial charge in [-0.15, -0.1) is 6.58 Å². The van der Waals surface area contributed by atoms with E-state index in [0.717, 1.165) is 12.8 Å². The van der Waals surface area contributed by atoms with Gasteiger partial charge in [0.25, 0.3) is 5.91 Å².